The van der Waals surface area contributed by atoms with Crippen molar-refractivity contribution in [1.29, 1.82) is 0 Å². The second kappa shape index (κ2) is 16.6. The fraction of sp³-hybridized carbons (Fsp3) is 0.538. The molecule has 0 aliphatic heterocycles. The molecule has 0 saturated carbocycles. The van der Waals surface area contributed by atoms with Crippen LogP contribution in [0.1, 0.15) is 52.7 Å². The lowest BCUT2D eigenvalue weighted by atomic mass is 10.2. The van der Waals surface area contributed by atoms with Crippen LogP contribution in [-0.4, -0.2) is 57.3 Å². The van der Waals surface area contributed by atoms with Gasteiger partial charge in [-0.25, -0.2) is 0 Å². The smallest absolute Gasteiger partial charge is 0.370 e. The van der Waals surface area contributed by atoms with E-state index in [-0.39, 0.29) is 0 Å². The third-order valence-corrected chi connectivity index (χ3v) is 11.2. The molecule has 0 spiro atoms. The average Bonchev–Trinajstić information content (AvgIpc) is 2.89. The lowest BCUT2D eigenvalue weighted by Gasteiger charge is -2.28. The highest BCUT2D eigenvalue weighted by atomic mass is 28.4. The molecule has 0 radical (unpaired) electrons. The molecule has 0 atom stereocenters. The first-order valence-corrected chi connectivity index (χ1v) is 16.4. The monoisotopic (exact) mass is 616 g/mol. The fourth-order valence-corrected chi connectivity index (χ4v) is 8.55. The van der Waals surface area contributed by atoms with Gasteiger partial charge in [-0.3, -0.25) is 0 Å². The van der Waals surface area contributed by atoms with Gasteiger partial charge in [0.15, 0.2) is 0 Å². The van der Waals surface area contributed by atoms with Crippen LogP contribution in [0.2, 0.25) is 0 Å². The van der Waals surface area contributed by atoms with Gasteiger partial charge >= 0.3 is 30.0 Å². The maximum Gasteiger partial charge on any atom is 0.537 e. The molecule has 0 bridgehead atoms. The van der Waals surface area contributed by atoms with E-state index in [4.69, 9.17) is 26.6 Å². The van der Waals surface area contributed by atoms with E-state index >= 15 is 0 Å². The van der Waals surface area contributed by atoms with Crippen molar-refractivity contribution in [3.8, 4) is 0 Å². The highest BCUT2D eigenvalue weighted by Crippen LogP contribution is 2.29. The predicted octanol–water partition coefficient (Wildman–Crippen LogP) is 5.92. The van der Waals surface area contributed by atoms with Crippen LogP contribution in [0, 0.1) is 0 Å². The van der Waals surface area contributed by atoms with E-state index in [1.54, 1.807) is 41.5 Å². The van der Waals surface area contributed by atoms with Crippen LogP contribution in [0.3, 0.4) is 0 Å². The van der Waals surface area contributed by atoms with Gasteiger partial charge in [-0.1, -0.05) is 24.3 Å². The minimum Gasteiger partial charge on any atom is -0.370 e. The Kier molecular flexibility index (Phi) is 15.0. The minimum atomic E-state index is -4.36. The first kappa shape index (κ1) is 36.2. The molecule has 0 heterocycles. The zero-order valence-electron chi connectivity index (χ0n) is 23.6. The second-order valence-electron chi connectivity index (χ2n) is 7.86. The van der Waals surface area contributed by atoms with Crippen LogP contribution in [0.4, 0.5) is 26.3 Å². The summed E-state index contributed by atoms with van der Waals surface area (Å²) in [6, 6.07) is 9.57. The number of rotatable bonds is 14. The highest BCUT2D eigenvalue weighted by Gasteiger charge is 2.45. The largest absolute Gasteiger partial charge is 0.537 e. The minimum absolute atomic E-state index is 0.368. The van der Waals surface area contributed by atoms with E-state index < -0.39 is 41.1 Å². The third-order valence-electron chi connectivity index (χ3n) is 5.14. The Balaban J connectivity index is 0.000000400. The van der Waals surface area contributed by atoms with Crippen molar-refractivity contribution in [3.63, 3.8) is 0 Å². The average molecular weight is 617 g/mol. The molecular formula is C26H38F6O6Si2. The number of halogens is 6. The molecule has 0 unspecified atom stereocenters. The van der Waals surface area contributed by atoms with E-state index in [0.717, 1.165) is 24.3 Å². The first-order chi connectivity index (χ1) is 18.8. The Morgan fingerprint density at radius 3 is 0.775 bits per heavy atom. The quantitative estimate of drug-likeness (QED) is 0.194. The van der Waals surface area contributed by atoms with Crippen LogP contribution >= 0.6 is 0 Å². The van der Waals surface area contributed by atoms with Gasteiger partial charge in [0, 0.05) is 50.0 Å². The molecule has 0 aromatic heterocycles. The maximum absolute atomic E-state index is 12.6. The van der Waals surface area contributed by atoms with Crippen molar-refractivity contribution < 1.29 is 52.9 Å². The van der Waals surface area contributed by atoms with Crippen molar-refractivity contribution in [2.75, 3.05) is 39.6 Å². The first-order valence-electron chi connectivity index (χ1n) is 13.0. The molecule has 0 aliphatic rings. The van der Waals surface area contributed by atoms with Gasteiger partial charge < -0.3 is 26.6 Å². The van der Waals surface area contributed by atoms with E-state index in [0.29, 0.717) is 50.0 Å². The number of hydrogen-bond donors (Lipinski definition) is 0. The Morgan fingerprint density at radius 1 is 0.425 bits per heavy atom. The number of benzene rings is 2. The number of hydrogen-bond acceptors (Lipinski definition) is 6. The zero-order chi connectivity index (χ0) is 30.5. The van der Waals surface area contributed by atoms with Crippen LogP contribution in [0.15, 0.2) is 48.5 Å². The maximum atomic E-state index is 12.6. The van der Waals surface area contributed by atoms with Crippen LogP contribution in [0.5, 0.6) is 0 Å². The summed E-state index contributed by atoms with van der Waals surface area (Å²) in [5, 5.41) is 1.08. The molecule has 0 amide bonds. The molecule has 0 saturated heterocycles. The molecule has 228 valence electrons. The molecule has 40 heavy (non-hydrogen) atoms. The summed E-state index contributed by atoms with van der Waals surface area (Å²) in [6.45, 7) is 13.0. The predicted molar refractivity (Wildman–Crippen MR) is 143 cm³/mol. The molecule has 14 heteroatoms. The van der Waals surface area contributed by atoms with E-state index in [1.165, 1.54) is 24.3 Å². The van der Waals surface area contributed by atoms with E-state index in [9.17, 15) is 26.3 Å². The summed E-state index contributed by atoms with van der Waals surface area (Å²) in [7, 11) is -6.24. The van der Waals surface area contributed by atoms with Crippen LogP contribution < -0.4 is 10.4 Å². The van der Waals surface area contributed by atoms with Crippen LogP contribution in [0.25, 0.3) is 0 Å². The van der Waals surface area contributed by atoms with Crippen molar-refractivity contribution in [2.24, 2.45) is 0 Å². The molecule has 6 nitrogen and oxygen atoms in total. The topological polar surface area (TPSA) is 55.4 Å². The molecule has 2 rings (SSSR count). The van der Waals surface area contributed by atoms with Crippen molar-refractivity contribution in [1.82, 2.24) is 0 Å². The summed E-state index contributed by atoms with van der Waals surface area (Å²) in [4.78, 5) is 0. The van der Waals surface area contributed by atoms with E-state index in [1.807, 2.05) is 0 Å². The van der Waals surface area contributed by atoms with Gasteiger partial charge in [-0.05, 0) is 65.8 Å². The summed E-state index contributed by atoms with van der Waals surface area (Å²) in [5.74, 6) is 0. The standard InChI is InChI=1S/2C13H19F3O3Si/c2*1-4-17-20(18-5-2,19-6-3)12-9-7-11(8-10-12)13(14,15)16/h2*7-10H,4-6H2,1-3H3. The van der Waals surface area contributed by atoms with Crippen LogP contribution in [-0.2, 0) is 38.9 Å². The van der Waals surface area contributed by atoms with Crippen molar-refractivity contribution in [2.45, 2.75) is 53.9 Å². The Bertz CT molecular complexity index is 858. The second-order valence-corrected chi connectivity index (χ2v) is 13.0. The fourth-order valence-electron chi connectivity index (χ4n) is 3.62. The summed E-state index contributed by atoms with van der Waals surface area (Å²) >= 11 is 0. The van der Waals surface area contributed by atoms with Crippen molar-refractivity contribution >= 4 is 28.0 Å². The lowest BCUT2D eigenvalue weighted by Crippen LogP contribution is -2.56. The van der Waals surface area contributed by atoms with Gasteiger partial charge in [-0.2, -0.15) is 26.3 Å². The molecule has 2 aromatic carbocycles. The molecule has 0 aliphatic carbocycles. The van der Waals surface area contributed by atoms with Gasteiger partial charge in [0.05, 0.1) is 11.1 Å². The molecule has 0 N–H and O–H groups in total. The Labute approximate surface area is 234 Å². The Hall–Kier alpha value is -1.79. The van der Waals surface area contributed by atoms with Crippen molar-refractivity contribution in [3.05, 3.63) is 59.7 Å². The molecule has 2 aromatic rings. The zero-order valence-corrected chi connectivity index (χ0v) is 25.6. The van der Waals surface area contributed by atoms with Gasteiger partial charge in [-0.15, -0.1) is 0 Å². The molecule has 0 fully saturated rings. The molecular weight excluding hydrogens is 578 g/mol. The summed E-state index contributed by atoms with van der Waals surface area (Å²) in [6.07, 6.45) is -8.71. The van der Waals surface area contributed by atoms with Gasteiger partial charge in [0.2, 0.25) is 0 Å². The van der Waals surface area contributed by atoms with E-state index in [2.05, 4.69) is 0 Å². The van der Waals surface area contributed by atoms with Gasteiger partial charge in [0.1, 0.15) is 0 Å². The summed E-state index contributed by atoms with van der Waals surface area (Å²) in [5.41, 5.74) is -1.40. The van der Waals surface area contributed by atoms with Gasteiger partial charge in [0.25, 0.3) is 0 Å². The third kappa shape index (κ3) is 10.2. The Morgan fingerprint density at radius 2 is 0.625 bits per heavy atom. The summed E-state index contributed by atoms with van der Waals surface area (Å²) < 4.78 is 109. The SMILES string of the molecule is CCO[Si](OCC)(OCC)c1ccc(C(F)(F)F)cc1.CCO[Si](OCC)(OCC)c1ccc(C(F)(F)F)cc1. The lowest BCUT2D eigenvalue weighted by molar-refractivity contribution is -0.138. The number of alkyl halides is 6. The highest BCUT2D eigenvalue weighted by molar-refractivity contribution is 6.75. The normalized spacial score (nSPS) is 12.7.